The Labute approximate surface area is 196 Å². The molecule has 1 saturated heterocycles. The van der Waals surface area contributed by atoms with Gasteiger partial charge in [-0.15, -0.1) is 0 Å². The monoisotopic (exact) mass is 458 g/mol. The smallest absolute Gasteiger partial charge is 0.329 e. The van der Waals surface area contributed by atoms with Gasteiger partial charge >= 0.3 is 5.69 Å². The average molecular weight is 459 g/mol. The fraction of sp³-hybridized carbons (Fsp3) is 0.400. The van der Waals surface area contributed by atoms with Crippen LogP contribution >= 0.6 is 0 Å². The van der Waals surface area contributed by atoms with Crippen molar-refractivity contribution in [3.8, 4) is 6.07 Å². The lowest BCUT2D eigenvalue weighted by molar-refractivity contribution is 0.0768. The van der Waals surface area contributed by atoms with Gasteiger partial charge in [-0.3, -0.25) is 19.1 Å². The summed E-state index contributed by atoms with van der Waals surface area (Å²) >= 11 is 0. The third-order valence-corrected chi connectivity index (χ3v) is 6.66. The number of nitriles is 1. The van der Waals surface area contributed by atoms with Gasteiger partial charge in [0.2, 0.25) is 0 Å². The van der Waals surface area contributed by atoms with E-state index in [4.69, 9.17) is 5.26 Å². The van der Waals surface area contributed by atoms with Gasteiger partial charge in [-0.05, 0) is 56.5 Å². The molecule has 0 spiro atoms. The van der Waals surface area contributed by atoms with E-state index in [0.29, 0.717) is 37.3 Å². The van der Waals surface area contributed by atoms with Gasteiger partial charge in [0.05, 0.1) is 22.6 Å². The number of aromatic amines is 1. The number of nitrogens with zero attached hydrogens (tertiary/aromatic N) is 5. The normalized spacial score (nSPS) is 16.4. The largest absolute Gasteiger partial charge is 0.370 e. The second-order valence-electron chi connectivity index (χ2n) is 8.86. The second kappa shape index (κ2) is 8.78. The highest BCUT2D eigenvalue weighted by Crippen LogP contribution is 2.40. The molecule has 0 unspecified atom stereocenters. The third kappa shape index (κ3) is 3.96. The minimum atomic E-state index is -0.572. The number of H-pyrrole nitrogens is 1. The van der Waals surface area contributed by atoms with Gasteiger partial charge in [0, 0.05) is 50.0 Å². The maximum absolute atomic E-state index is 13.7. The van der Waals surface area contributed by atoms with E-state index in [1.165, 1.54) is 4.57 Å². The number of aryl methyl sites for hydroxylation is 1. The Bertz CT molecular complexity index is 1410. The minimum absolute atomic E-state index is 0.184. The van der Waals surface area contributed by atoms with Crippen molar-refractivity contribution >= 4 is 22.6 Å². The molecule has 0 atom stereocenters. The number of pyridine rings is 1. The number of benzene rings is 1. The Kier molecular flexibility index (Phi) is 5.65. The maximum atomic E-state index is 13.7. The van der Waals surface area contributed by atoms with Crippen molar-refractivity contribution < 1.29 is 4.79 Å². The SMILES string of the molecule is CCn1c(=O)[nH]c(=O)c2c(C(=O)N3CCCN(c4ccc(C#N)cc4)CC3)cc(C3CC3)nc21. The van der Waals surface area contributed by atoms with E-state index in [9.17, 15) is 14.4 Å². The zero-order valence-electron chi connectivity index (χ0n) is 19.1. The van der Waals surface area contributed by atoms with Gasteiger partial charge in [0.25, 0.3) is 11.5 Å². The first-order chi connectivity index (χ1) is 16.5. The van der Waals surface area contributed by atoms with Crippen molar-refractivity contribution in [2.24, 2.45) is 0 Å². The molecule has 0 bridgehead atoms. The van der Waals surface area contributed by atoms with Crippen LogP contribution in [-0.2, 0) is 6.54 Å². The number of nitrogens with one attached hydrogen (secondary N) is 1. The molecule has 9 heteroatoms. The number of aromatic nitrogens is 3. The topological polar surface area (TPSA) is 115 Å². The van der Waals surface area contributed by atoms with Crippen LogP contribution in [0.15, 0.2) is 39.9 Å². The van der Waals surface area contributed by atoms with E-state index in [-0.39, 0.29) is 22.9 Å². The molecule has 1 N–H and O–H groups in total. The summed E-state index contributed by atoms with van der Waals surface area (Å²) in [6, 6.07) is 11.3. The summed E-state index contributed by atoms with van der Waals surface area (Å²) in [7, 11) is 0. The molecule has 0 radical (unpaired) electrons. The molecule has 174 valence electrons. The summed E-state index contributed by atoms with van der Waals surface area (Å²) in [6.45, 7) is 4.68. The first-order valence-electron chi connectivity index (χ1n) is 11.7. The number of fused-ring (bicyclic) bond motifs is 1. The van der Waals surface area contributed by atoms with Crippen molar-refractivity contribution in [3.05, 3.63) is 68.0 Å². The number of carbonyl (C=O) groups is 1. The Hall–Kier alpha value is -3.93. The maximum Gasteiger partial charge on any atom is 0.329 e. The lowest BCUT2D eigenvalue weighted by Gasteiger charge is -2.24. The average Bonchev–Trinajstić information content (AvgIpc) is 3.70. The number of hydrogen-bond donors (Lipinski definition) is 1. The Morgan fingerprint density at radius 1 is 1.15 bits per heavy atom. The molecule has 1 aliphatic heterocycles. The lowest BCUT2D eigenvalue weighted by atomic mass is 10.1. The zero-order chi connectivity index (χ0) is 23.8. The van der Waals surface area contributed by atoms with Gasteiger partial charge < -0.3 is 9.80 Å². The Morgan fingerprint density at radius 2 is 1.91 bits per heavy atom. The molecule has 1 amide bonds. The molecule has 2 aliphatic rings. The molecular weight excluding hydrogens is 432 g/mol. The van der Waals surface area contributed by atoms with E-state index in [1.807, 2.05) is 19.1 Å². The summed E-state index contributed by atoms with van der Waals surface area (Å²) in [5.74, 6) is 0.0643. The highest BCUT2D eigenvalue weighted by molar-refractivity contribution is 6.05. The molecule has 1 aromatic carbocycles. The lowest BCUT2D eigenvalue weighted by Crippen LogP contribution is -2.37. The number of hydrogen-bond acceptors (Lipinski definition) is 6. The molecule has 5 rings (SSSR count). The Morgan fingerprint density at radius 3 is 2.59 bits per heavy atom. The second-order valence-corrected chi connectivity index (χ2v) is 8.86. The van der Waals surface area contributed by atoms with Crippen LogP contribution in [0.25, 0.3) is 11.0 Å². The summed E-state index contributed by atoms with van der Waals surface area (Å²) in [6.07, 6.45) is 2.77. The molecule has 2 aromatic heterocycles. The van der Waals surface area contributed by atoms with Crippen molar-refractivity contribution in [2.45, 2.75) is 38.6 Å². The van der Waals surface area contributed by atoms with Crippen LogP contribution < -0.4 is 16.1 Å². The van der Waals surface area contributed by atoms with Crippen molar-refractivity contribution in [1.29, 1.82) is 5.26 Å². The van der Waals surface area contributed by atoms with E-state index >= 15 is 0 Å². The van der Waals surface area contributed by atoms with Crippen LogP contribution in [-0.4, -0.2) is 51.5 Å². The van der Waals surface area contributed by atoms with Gasteiger partial charge in [-0.25, -0.2) is 9.78 Å². The standard InChI is InChI=1S/C25H26N6O3/c1-2-31-22-21(23(32)28-25(31)34)19(14-20(27-22)17-6-7-17)24(33)30-11-3-10-29(12-13-30)18-8-4-16(15-26)5-9-18/h4-5,8-9,14,17H,2-3,6-7,10-13H2,1H3,(H,28,32,34). The van der Waals surface area contributed by atoms with E-state index in [2.05, 4.69) is 20.9 Å². The van der Waals surface area contributed by atoms with Gasteiger partial charge in [-0.2, -0.15) is 5.26 Å². The van der Waals surface area contributed by atoms with E-state index in [0.717, 1.165) is 37.2 Å². The van der Waals surface area contributed by atoms with Crippen LogP contribution in [0.2, 0.25) is 0 Å². The predicted octanol–water partition coefficient (Wildman–Crippen LogP) is 2.21. The van der Waals surface area contributed by atoms with Crippen LogP contribution in [0.4, 0.5) is 5.69 Å². The molecule has 9 nitrogen and oxygen atoms in total. The van der Waals surface area contributed by atoms with Crippen molar-refractivity contribution in [3.63, 3.8) is 0 Å². The highest BCUT2D eigenvalue weighted by atomic mass is 16.2. The fourth-order valence-electron chi connectivity index (χ4n) is 4.64. The fourth-order valence-corrected chi connectivity index (χ4v) is 4.64. The summed E-state index contributed by atoms with van der Waals surface area (Å²) in [5, 5.41) is 9.22. The molecule has 3 heterocycles. The van der Waals surface area contributed by atoms with Crippen LogP contribution in [0.5, 0.6) is 0 Å². The molecule has 1 saturated carbocycles. The van der Waals surface area contributed by atoms with Crippen LogP contribution in [0.3, 0.4) is 0 Å². The minimum Gasteiger partial charge on any atom is -0.370 e. The van der Waals surface area contributed by atoms with Crippen molar-refractivity contribution in [2.75, 3.05) is 31.1 Å². The first-order valence-corrected chi connectivity index (χ1v) is 11.7. The number of amides is 1. The number of rotatable bonds is 4. The Balaban J connectivity index is 1.49. The summed E-state index contributed by atoms with van der Waals surface area (Å²) in [4.78, 5) is 49.9. The van der Waals surface area contributed by atoms with Gasteiger partial charge in [-0.1, -0.05) is 0 Å². The molecule has 34 heavy (non-hydrogen) atoms. The van der Waals surface area contributed by atoms with E-state index < -0.39 is 11.2 Å². The van der Waals surface area contributed by atoms with Crippen LogP contribution in [0.1, 0.15) is 53.7 Å². The highest BCUT2D eigenvalue weighted by Gasteiger charge is 2.30. The molecule has 1 aliphatic carbocycles. The quantitative estimate of drug-likeness (QED) is 0.641. The van der Waals surface area contributed by atoms with Crippen molar-refractivity contribution in [1.82, 2.24) is 19.4 Å². The van der Waals surface area contributed by atoms with Gasteiger partial charge in [0.15, 0.2) is 5.65 Å². The predicted molar refractivity (Wildman–Crippen MR) is 128 cm³/mol. The molecular formula is C25H26N6O3. The van der Waals surface area contributed by atoms with Crippen LogP contribution in [0, 0.1) is 11.3 Å². The molecule has 3 aromatic rings. The van der Waals surface area contributed by atoms with Gasteiger partial charge in [0.1, 0.15) is 0 Å². The molecule has 2 fully saturated rings. The first kappa shape index (κ1) is 21.9. The summed E-state index contributed by atoms with van der Waals surface area (Å²) < 4.78 is 1.43. The van der Waals surface area contributed by atoms with E-state index in [1.54, 1.807) is 23.1 Å². The number of carbonyl (C=O) groups excluding carboxylic acids is 1. The summed E-state index contributed by atoms with van der Waals surface area (Å²) in [5.41, 5.74) is 1.94. The zero-order valence-corrected chi connectivity index (χ0v) is 19.1. The third-order valence-electron chi connectivity index (χ3n) is 6.66. The number of anilines is 1.